The summed E-state index contributed by atoms with van der Waals surface area (Å²) in [6, 6.07) is 0. The van der Waals surface area contributed by atoms with Crippen LogP contribution in [-0.4, -0.2) is 96.7 Å². The molecule has 0 aliphatic rings. The zero-order valence-electron chi connectivity index (χ0n) is 64.4. The highest BCUT2D eigenvalue weighted by Crippen LogP contribution is 2.45. The van der Waals surface area contributed by atoms with Crippen molar-refractivity contribution in [1.29, 1.82) is 0 Å². The minimum atomic E-state index is -4.97. The van der Waals surface area contributed by atoms with Gasteiger partial charge < -0.3 is 33.8 Å². The Morgan fingerprint density at radius 3 is 0.899 bits per heavy atom. The second kappa shape index (κ2) is 69.9. The maximum atomic E-state index is 13.1. The number of esters is 4. The summed E-state index contributed by atoms with van der Waals surface area (Å²) in [7, 11) is -9.93. The molecule has 99 heavy (non-hydrogen) atoms. The summed E-state index contributed by atoms with van der Waals surface area (Å²) in [6.07, 6.45) is 60.6. The Morgan fingerprint density at radius 1 is 0.333 bits per heavy atom. The molecular weight excluding hydrogens is 1290 g/mol. The monoisotopic (exact) mass is 1450 g/mol. The number of phosphoric acid groups is 2. The van der Waals surface area contributed by atoms with Crippen LogP contribution in [0, 0.1) is 17.8 Å². The van der Waals surface area contributed by atoms with Crippen LogP contribution in [0.2, 0.25) is 0 Å². The van der Waals surface area contributed by atoms with Gasteiger partial charge in [0, 0.05) is 25.7 Å². The Kier molecular flexibility index (Phi) is 68.1. The molecule has 0 radical (unpaired) electrons. The fourth-order valence-corrected chi connectivity index (χ4v) is 13.3. The molecule has 17 nitrogen and oxygen atoms in total. The summed E-state index contributed by atoms with van der Waals surface area (Å²) in [5.41, 5.74) is 0. The van der Waals surface area contributed by atoms with Crippen LogP contribution >= 0.6 is 15.6 Å². The van der Waals surface area contributed by atoms with Crippen LogP contribution in [0.5, 0.6) is 0 Å². The molecule has 3 N–H and O–H groups in total. The van der Waals surface area contributed by atoms with Gasteiger partial charge in [0.05, 0.1) is 26.4 Å². The lowest BCUT2D eigenvalue weighted by Gasteiger charge is -2.21. The highest BCUT2D eigenvalue weighted by Gasteiger charge is 2.30. The SMILES string of the molecule is CCCCCC/C=C\C=C/CCCCCCCC(=O)OC[C@H](COP(=O)(O)OC[C@@H](O)COP(=O)(O)OC[C@@H](COC(=O)CCCCCCCCC(C)C)OC(=O)CCCCCCCCCCCCC(C)CC)OC(=O)CCCCCCCCCCCCCCCCCCCCC(C)C. The van der Waals surface area contributed by atoms with Gasteiger partial charge >= 0.3 is 39.5 Å². The first-order valence-electron chi connectivity index (χ1n) is 40.7. The zero-order chi connectivity index (χ0) is 73.0. The number of aliphatic hydroxyl groups excluding tert-OH is 1. The van der Waals surface area contributed by atoms with Crippen molar-refractivity contribution < 1.29 is 80.2 Å². The van der Waals surface area contributed by atoms with Crippen LogP contribution in [-0.2, 0) is 65.4 Å². The van der Waals surface area contributed by atoms with Gasteiger partial charge in [-0.25, -0.2) is 9.13 Å². The first-order valence-corrected chi connectivity index (χ1v) is 43.7. The molecule has 0 aromatic carbocycles. The lowest BCUT2D eigenvalue weighted by atomic mass is 9.99. The third kappa shape index (κ3) is 72.3. The zero-order valence-corrected chi connectivity index (χ0v) is 66.2. The number of carbonyl (C=O) groups excluding carboxylic acids is 4. The van der Waals surface area contributed by atoms with E-state index in [-0.39, 0.29) is 25.7 Å². The van der Waals surface area contributed by atoms with Gasteiger partial charge in [0.15, 0.2) is 12.2 Å². The van der Waals surface area contributed by atoms with E-state index in [1.807, 2.05) is 0 Å². The first kappa shape index (κ1) is 96.5. The molecule has 0 aliphatic heterocycles. The second-order valence-electron chi connectivity index (χ2n) is 29.3. The third-order valence-corrected chi connectivity index (χ3v) is 20.3. The number of rotatable bonds is 76. The largest absolute Gasteiger partial charge is 0.472 e. The smallest absolute Gasteiger partial charge is 0.462 e. The maximum absolute atomic E-state index is 13.1. The molecule has 0 amide bonds. The van der Waals surface area contributed by atoms with Gasteiger partial charge in [0.2, 0.25) is 0 Å². The predicted octanol–water partition coefficient (Wildman–Crippen LogP) is 23.3. The van der Waals surface area contributed by atoms with E-state index >= 15 is 0 Å². The van der Waals surface area contributed by atoms with Crippen molar-refractivity contribution in [3.8, 4) is 0 Å². The molecule has 0 heterocycles. The van der Waals surface area contributed by atoms with E-state index in [9.17, 15) is 43.2 Å². The summed E-state index contributed by atoms with van der Waals surface area (Å²) in [4.78, 5) is 72.9. The van der Waals surface area contributed by atoms with Gasteiger partial charge in [-0.15, -0.1) is 0 Å². The first-order chi connectivity index (χ1) is 47.8. The topological polar surface area (TPSA) is 237 Å². The summed E-state index contributed by atoms with van der Waals surface area (Å²) in [6.45, 7) is 11.8. The van der Waals surface area contributed by atoms with Crippen molar-refractivity contribution in [2.24, 2.45) is 17.8 Å². The lowest BCUT2D eigenvalue weighted by molar-refractivity contribution is -0.161. The normalized spacial score (nSPS) is 14.4. The van der Waals surface area contributed by atoms with Crippen molar-refractivity contribution in [3.63, 3.8) is 0 Å². The van der Waals surface area contributed by atoms with E-state index in [1.165, 1.54) is 173 Å². The molecule has 19 heteroatoms. The number of phosphoric ester groups is 2. The van der Waals surface area contributed by atoms with Crippen molar-refractivity contribution in [3.05, 3.63) is 24.3 Å². The number of hydrogen-bond acceptors (Lipinski definition) is 15. The molecule has 0 aromatic heterocycles. The fourth-order valence-electron chi connectivity index (χ4n) is 11.7. The summed E-state index contributed by atoms with van der Waals surface area (Å²) in [5.74, 6) is 0.152. The molecule has 6 atom stereocenters. The fraction of sp³-hybridized carbons (Fsp3) is 0.900. The van der Waals surface area contributed by atoms with Crippen molar-refractivity contribution in [2.75, 3.05) is 39.6 Å². The average molecular weight is 1450 g/mol. The Balaban J connectivity index is 5.25. The number of aliphatic hydroxyl groups is 1. The molecular formula is C80H152O17P2. The quantitative estimate of drug-likeness (QED) is 0.0169. The molecule has 0 spiro atoms. The van der Waals surface area contributed by atoms with Crippen molar-refractivity contribution >= 4 is 39.5 Å². The van der Waals surface area contributed by atoms with Gasteiger partial charge in [0.25, 0.3) is 0 Å². The van der Waals surface area contributed by atoms with Crippen molar-refractivity contribution in [1.82, 2.24) is 0 Å². The maximum Gasteiger partial charge on any atom is 0.472 e. The van der Waals surface area contributed by atoms with E-state index in [1.54, 1.807) is 0 Å². The molecule has 584 valence electrons. The standard InChI is InChI=1S/C80H152O17P2/c1-8-10-11-12-13-14-15-16-21-25-28-34-39-47-54-61-77(82)90-67-75(96-79(84)63-56-49-40-35-29-26-23-20-18-17-19-22-24-27-32-37-44-51-58-71(3)4)69-94-98(86,87)92-65-74(81)66-93-99(88,89)95-70-76(68-91-78(83)62-55-48-43-42-45-52-59-72(5)6)97-80(85)64-57-50-41-36-31-30-33-38-46-53-60-73(7)9-2/h14-16,21,71-76,81H,8-13,17-20,22-70H2,1-7H3,(H,86,87)(H,88,89)/b15-14-,21-16-/t73?,74-,75-,76-/m1/s1. The Labute approximate surface area is 605 Å². The molecule has 0 saturated carbocycles. The summed E-state index contributed by atoms with van der Waals surface area (Å²) >= 11 is 0. The van der Waals surface area contributed by atoms with Gasteiger partial charge in [-0.3, -0.25) is 37.3 Å². The van der Waals surface area contributed by atoms with Crippen LogP contribution in [0.3, 0.4) is 0 Å². The molecule has 0 saturated heterocycles. The van der Waals surface area contributed by atoms with E-state index in [4.69, 9.17) is 37.0 Å². The van der Waals surface area contributed by atoms with E-state index in [0.717, 1.165) is 127 Å². The van der Waals surface area contributed by atoms with Crippen LogP contribution in [0.15, 0.2) is 24.3 Å². The number of unbranched alkanes of at least 4 members (excludes halogenated alkanes) is 40. The third-order valence-electron chi connectivity index (χ3n) is 18.4. The number of allylic oxidation sites excluding steroid dienone is 4. The summed E-state index contributed by atoms with van der Waals surface area (Å²) in [5, 5.41) is 10.6. The molecule has 0 fully saturated rings. The van der Waals surface area contributed by atoms with Crippen molar-refractivity contribution in [2.45, 2.75) is 407 Å². The van der Waals surface area contributed by atoms with Crippen LogP contribution in [0.25, 0.3) is 0 Å². The van der Waals surface area contributed by atoms with E-state index < -0.39 is 97.5 Å². The highest BCUT2D eigenvalue weighted by atomic mass is 31.2. The number of ether oxygens (including phenoxy) is 4. The molecule has 0 aliphatic carbocycles. The molecule has 3 unspecified atom stereocenters. The predicted molar refractivity (Wildman–Crippen MR) is 404 cm³/mol. The summed E-state index contributed by atoms with van der Waals surface area (Å²) < 4.78 is 68.6. The van der Waals surface area contributed by atoms with Crippen LogP contribution in [0.4, 0.5) is 0 Å². The minimum absolute atomic E-state index is 0.101. The molecule has 0 bridgehead atoms. The van der Waals surface area contributed by atoms with Gasteiger partial charge in [-0.1, -0.05) is 336 Å². The minimum Gasteiger partial charge on any atom is -0.462 e. The Bertz CT molecular complexity index is 2020. The van der Waals surface area contributed by atoms with E-state index in [0.29, 0.717) is 31.6 Å². The Hall–Kier alpha value is -2.46. The average Bonchev–Trinajstić information content (AvgIpc) is 1.01. The molecule has 0 rings (SSSR count). The van der Waals surface area contributed by atoms with Crippen LogP contribution in [0.1, 0.15) is 389 Å². The van der Waals surface area contributed by atoms with Gasteiger partial charge in [-0.05, 0) is 69.1 Å². The Morgan fingerprint density at radius 2 is 0.596 bits per heavy atom. The van der Waals surface area contributed by atoms with Gasteiger partial charge in [0.1, 0.15) is 19.3 Å². The van der Waals surface area contributed by atoms with E-state index in [2.05, 4.69) is 72.8 Å². The highest BCUT2D eigenvalue weighted by molar-refractivity contribution is 7.47. The number of carbonyl (C=O) groups is 4. The number of hydrogen-bond donors (Lipinski definition) is 3. The molecule has 0 aromatic rings. The second-order valence-corrected chi connectivity index (χ2v) is 32.2. The van der Waals surface area contributed by atoms with Crippen LogP contribution < -0.4 is 0 Å². The van der Waals surface area contributed by atoms with Gasteiger partial charge in [-0.2, -0.15) is 0 Å². The lowest BCUT2D eigenvalue weighted by Crippen LogP contribution is -2.30.